The number of carbonyl (C=O) groups is 1. The van der Waals surface area contributed by atoms with Gasteiger partial charge in [-0.25, -0.2) is 4.39 Å². The van der Waals surface area contributed by atoms with Gasteiger partial charge in [0.15, 0.2) is 0 Å². The average Bonchev–Trinajstić information content (AvgIpc) is 2.27. The molecule has 1 amide bonds. The molecule has 1 aromatic rings. The van der Waals surface area contributed by atoms with Crippen LogP contribution in [0.5, 0.6) is 0 Å². The molecule has 0 aliphatic rings. The van der Waals surface area contributed by atoms with Gasteiger partial charge in [-0.1, -0.05) is 6.92 Å². The smallest absolute Gasteiger partial charge is 0.239 e. The second-order valence-corrected chi connectivity index (χ2v) is 5.62. The van der Waals surface area contributed by atoms with Gasteiger partial charge < -0.3 is 10.6 Å². The Kier molecular flexibility index (Phi) is 5.14. The van der Waals surface area contributed by atoms with Gasteiger partial charge in [-0.05, 0) is 54.4 Å². The minimum absolute atomic E-state index is 0.0851. The molecule has 1 aromatic carbocycles. The third kappa shape index (κ3) is 4.64. The van der Waals surface area contributed by atoms with E-state index in [0.717, 1.165) is 6.42 Å². The highest BCUT2D eigenvalue weighted by Gasteiger charge is 2.17. The number of benzene rings is 1. The van der Waals surface area contributed by atoms with E-state index in [9.17, 15) is 9.18 Å². The van der Waals surface area contributed by atoms with E-state index in [2.05, 4.69) is 26.6 Å². The van der Waals surface area contributed by atoms with Crippen molar-refractivity contribution in [1.29, 1.82) is 0 Å². The summed E-state index contributed by atoms with van der Waals surface area (Å²) < 4.78 is 13.5. The zero-order valence-electron chi connectivity index (χ0n) is 10.8. The molecule has 5 heteroatoms. The van der Waals surface area contributed by atoms with Gasteiger partial charge in [-0.2, -0.15) is 0 Å². The molecule has 18 heavy (non-hydrogen) atoms. The molecule has 3 nitrogen and oxygen atoms in total. The molecule has 0 heterocycles. The monoisotopic (exact) mass is 316 g/mol. The Morgan fingerprint density at radius 1 is 1.44 bits per heavy atom. The maximum Gasteiger partial charge on any atom is 0.239 e. The molecule has 0 saturated heterocycles. The summed E-state index contributed by atoms with van der Waals surface area (Å²) in [5.74, 6) is -0.401. The molecule has 0 atom stereocenters. The van der Waals surface area contributed by atoms with Crippen LogP contribution in [0.25, 0.3) is 0 Å². The highest BCUT2D eigenvalue weighted by molar-refractivity contribution is 9.10. The predicted molar refractivity (Wildman–Crippen MR) is 75.1 cm³/mol. The van der Waals surface area contributed by atoms with Crippen LogP contribution in [0.1, 0.15) is 27.2 Å². The van der Waals surface area contributed by atoms with Gasteiger partial charge in [-0.15, -0.1) is 0 Å². The maximum atomic E-state index is 12.9. The van der Waals surface area contributed by atoms with Gasteiger partial charge in [0.2, 0.25) is 5.91 Å². The molecule has 2 N–H and O–H groups in total. The number of hydrogen-bond donors (Lipinski definition) is 2. The lowest BCUT2D eigenvalue weighted by molar-refractivity contribution is -0.121. The van der Waals surface area contributed by atoms with Crippen LogP contribution in [0.4, 0.5) is 10.1 Å². The summed E-state index contributed by atoms with van der Waals surface area (Å²) in [4.78, 5) is 11.7. The largest absolute Gasteiger partial charge is 0.375 e. The van der Waals surface area contributed by atoms with Crippen LogP contribution >= 0.6 is 15.9 Å². The Labute approximate surface area is 115 Å². The van der Waals surface area contributed by atoms with Gasteiger partial charge in [0.1, 0.15) is 5.82 Å². The topological polar surface area (TPSA) is 41.1 Å². The summed E-state index contributed by atoms with van der Waals surface area (Å²) in [6.07, 6.45) is 0.860. The first-order valence-corrected chi connectivity index (χ1v) is 6.63. The lowest BCUT2D eigenvalue weighted by Crippen LogP contribution is -2.45. The second-order valence-electron chi connectivity index (χ2n) is 4.76. The highest BCUT2D eigenvalue weighted by atomic mass is 79.9. The van der Waals surface area contributed by atoms with Gasteiger partial charge in [0.25, 0.3) is 0 Å². The normalized spacial score (nSPS) is 11.2. The molecule has 0 aliphatic carbocycles. The van der Waals surface area contributed by atoms with Crippen molar-refractivity contribution in [2.24, 2.45) is 0 Å². The minimum Gasteiger partial charge on any atom is -0.375 e. The molecule has 0 spiro atoms. The lowest BCUT2D eigenvalue weighted by atomic mass is 10.0. The third-order valence-electron chi connectivity index (χ3n) is 2.73. The molecule has 0 unspecified atom stereocenters. The van der Waals surface area contributed by atoms with E-state index in [4.69, 9.17) is 0 Å². The summed E-state index contributed by atoms with van der Waals surface area (Å²) in [5, 5.41) is 5.88. The lowest BCUT2D eigenvalue weighted by Gasteiger charge is -2.24. The van der Waals surface area contributed by atoms with E-state index in [1.54, 1.807) is 6.07 Å². The van der Waals surface area contributed by atoms with Crippen LogP contribution in [0, 0.1) is 5.82 Å². The van der Waals surface area contributed by atoms with E-state index in [1.165, 1.54) is 12.1 Å². The van der Waals surface area contributed by atoms with Crippen molar-refractivity contribution in [3.05, 3.63) is 28.5 Å². The van der Waals surface area contributed by atoms with Crippen LogP contribution in [-0.4, -0.2) is 18.0 Å². The fourth-order valence-corrected chi connectivity index (χ4v) is 1.81. The number of halogens is 2. The van der Waals surface area contributed by atoms with Crippen molar-refractivity contribution < 1.29 is 9.18 Å². The van der Waals surface area contributed by atoms with Crippen LogP contribution in [0.15, 0.2) is 22.7 Å². The average molecular weight is 317 g/mol. The summed E-state index contributed by atoms with van der Waals surface area (Å²) in [6, 6.07) is 4.30. The predicted octanol–water partition coefficient (Wildman–Crippen LogP) is 3.30. The Balaban J connectivity index is 2.53. The fourth-order valence-electron chi connectivity index (χ4n) is 1.32. The van der Waals surface area contributed by atoms with Crippen molar-refractivity contribution in [2.75, 3.05) is 11.9 Å². The van der Waals surface area contributed by atoms with Crippen LogP contribution in [-0.2, 0) is 4.79 Å². The van der Waals surface area contributed by atoms with E-state index < -0.39 is 0 Å². The molecule has 0 aliphatic heterocycles. The van der Waals surface area contributed by atoms with Crippen molar-refractivity contribution in [2.45, 2.75) is 32.7 Å². The Morgan fingerprint density at radius 2 is 2.11 bits per heavy atom. The maximum absolute atomic E-state index is 12.9. The van der Waals surface area contributed by atoms with Crippen molar-refractivity contribution >= 4 is 27.5 Å². The summed E-state index contributed by atoms with van der Waals surface area (Å²) in [5.41, 5.74) is 0.486. The van der Waals surface area contributed by atoms with Crippen LogP contribution < -0.4 is 10.6 Å². The number of anilines is 1. The highest BCUT2D eigenvalue weighted by Crippen LogP contribution is 2.22. The number of carbonyl (C=O) groups excluding carboxylic acids is 1. The molecular formula is C13H18BrFN2O. The van der Waals surface area contributed by atoms with E-state index in [1.807, 2.05) is 20.8 Å². The van der Waals surface area contributed by atoms with E-state index in [-0.39, 0.29) is 23.8 Å². The number of hydrogen-bond acceptors (Lipinski definition) is 2. The van der Waals surface area contributed by atoms with E-state index in [0.29, 0.717) is 10.2 Å². The second kappa shape index (κ2) is 6.18. The fraction of sp³-hybridized carbons (Fsp3) is 0.462. The molecule has 1 rings (SSSR count). The number of amides is 1. The third-order valence-corrected chi connectivity index (χ3v) is 3.39. The van der Waals surface area contributed by atoms with Gasteiger partial charge in [-0.3, -0.25) is 4.79 Å². The zero-order chi connectivity index (χ0) is 13.8. The Hall–Kier alpha value is -1.10. The van der Waals surface area contributed by atoms with Gasteiger partial charge in [0, 0.05) is 15.7 Å². The quantitative estimate of drug-likeness (QED) is 0.875. The zero-order valence-corrected chi connectivity index (χ0v) is 12.4. The Bertz CT molecular complexity index is 435. The molecular weight excluding hydrogens is 299 g/mol. The van der Waals surface area contributed by atoms with Gasteiger partial charge >= 0.3 is 0 Å². The van der Waals surface area contributed by atoms with Crippen molar-refractivity contribution in [1.82, 2.24) is 5.32 Å². The molecule has 0 radical (unpaired) electrons. The molecule has 100 valence electrons. The first-order chi connectivity index (χ1) is 8.34. The summed E-state index contributed by atoms with van der Waals surface area (Å²) >= 11 is 3.24. The first-order valence-electron chi connectivity index (χ1n) is 5.84. The summed E-state index contributed by atoms with van der Waals surface area (Å²) in [6.45, 7) is 6.12. The molecule has 0 saturated carbocycles. The van der Waals surface area contributed by atoms with Crippen molar-refractivity contribution in [3.63, 3.8) is 0 Å². The molecule has 0 bridgehead atoms. The first kappa shape index (κ1) is 15.0. The van der Waals surface area contributed by atoms with Crippen LogP contribution in [0.3, 0.4) is 0 Å². The SMILES string of the molecule is CCC(C)(C)NC(=O)CNc1ccc(F)cc1Br. The number of nitrogens with one attached hydrogen (secondary N) is 2. The summed E-state index contributed by atoms with van der Waals surface area (Å²) in [7, 11) is 0. The number of rotatable bonds is 5. The van der Waals surface area contributed by atoms with Crippen molar-refractivity contribution in [3.8, 4) is 0 Å². The molecule has 0 aromatic heterocycles. The van der Waals surface area contributed by atoms with Gasteiger partial charge in [0.05, 0.1) is 6.54 Å². The standard InChI is InChI=1S/C13H18BrFN2O/c1-4-13(2,3)17-12(18)8-16-11-6-5-9(15)7-10(11)14/h5-7,16H,4,8H2,1-3H3,(H,17,18). The van der Waals surface area contributed by atoms with E-state index >= 15 is 0 Å². The Morgan fingerprint density at radius 3 is 2.67 bits per heavy atom. The minimum atomic E-state index is -0.316. The molecule has 0 fully saturated rings. The van der Waals surface area contributed by atoms with Crippen LogP contribution in [0.2, 0.25) is 0 Å².